The van der Waals surface area contributed by atoms with Crippen LogP contribution in [0.25, 0.3) is 0 Å². The van der Waals surface area contributed by atoms with Gasteiger partial charge in [0.1, 0.15) is 0 Å². The van der Waals surface area contributed by atoms with Crippen molar-refractivity contribution < 1.29 is 0 Å². The first kappa shape index (κ1) is 17.7. The molecule has 0 unspecified atom stereocenters. The van der Waals surface area contributed by atoms with Crippen molar-refractivity contribution in [2.45, 2.75) is 6.92 Å². The van der Waals surface area contributed by atoms with Crippen LogP contribution in [0.3, 0.4) is 0 Å². The number of amidine groups is 1. The number of hydrogen-bond donors (Lipinski definition) is 2. The van der Waals surface area contributed by atoms with Gasteiger partial charge in [-0.25, -0.2) is 4.98 Å². The molecule has 0 fully saturated rings. The molecule has 2 aromatic carbocycles. The van der Waals surface area contributed by atoms with E-state index in [2.05, 4.69) is 46.7 Å². The van der Waals surface area contributed by atoms with Crippen LogP contribution in [0.2, 0.25) is 0 Å². The number of H-pyrrole nitrogens is 1. The van der Waals surface area contributed by atoms with Crippen molar-refractivity contribution in [3.05, 3.63) is 86.7 Å². The van der Waals surface area contributed by atoms with E-state index in [0.717, 1.165) is 15.7 Å². The van der Waals surface area contributed by atoms with E-state index in [0.29, 0.717) is 11.5 Å². The highest BCUT2D eigenvalue weighted by atomic mass is 79.9. The molecule has 3 rings (SSSR count). The quantitative estimate of drug-likeness (QED) is 0.288. The Balaban J connectivity index is 1.90. The third-order valence-electron chi connectivity index (χ3n) is 3.26. The maximum Gasteiger partial charge on any atom is 0.252 e. The predicted octanol–water partition coefficient (Wildman–Crippen LogP) is 4.40. The molecule has 0 aliphatic rings. The first-order chi connectivity index (χ1) is 12.6. The van der Waals surface area contributed by atoms with Gasteiger partial charge in [-0.1, -0.05) is 46.3 Å². The number of nitrogens with zero attached hydrogens (tertiary/aromatic N) is 4. The molecule has 0 radical (unpaired) electrons. The smallest absolute Gasteiger partial charge is 0.252 e. The lowest BCUT2D eigenvalue weighted by atomic mass is 10.2. The van der Waals surface area contributed by atoms with Gasteiger partial charge in [-0.2, -0.15) is 5.10 Å². The molecule has 0 aliphatic carbocycles. The monoisotopic (exact) mass is 410 g/mol. The molecule has 0 spiro atoms. The second-order valence-electron chi connectivity index (χ2n) is 5.33. The number of halogens is 1. The molecule has 0 amide bonds. The summed E-state index contributed by atoms with van der Waals surface area (Å²) in [5.41, 5.74) is 4.81. The van der Waals surface area contributed by atoms with Gasteiger partial charge in [0.15, 0.2) is 0 Å². The number of hydrogen-bond acceptors (Lipinski definition) is 5. The minimum atomic E-state index is -0.280. The number of hydrazone groups is 1. The summed E-state index contributed by atoms with van der Waals surface area (Å²) < 4.78 is 0.976. The predicted molar refractivity (Wildman–Crippen MR) is 105 cm³/mol. The largest absolute Gasteiger partial charge is 0.290 e. The van der Waals surface area contributed by atoms with Crippen LogP contribution in [0.5, 0.6) is 0 Å². The van der Waals surface area contributed by atoms with Crippen LogP contribution < -0.4 is 11.0 Å². The molecule has 1 heterocycles. The molecular weight excluding hydrogens is 396 g/mol. The molecule has 0 aliphatic heterocycles. The standard InChI is InChI=1S/C18H15BrN6O/c1-12-11-16(26)21-18(20-12)25-24-17(13-5-3-2-4-6-13)23-22-15-9-7-14(19)8-10-15/h2-11,22H,1H3,(H,20,21,26)/b23-17+,25-24?. The fourth-order valence-electron chi connectivity index (χ4n) is 2.08. The summed E-state index contributed by atoms with van der Waals surface area (Å²) in [6.07, 6.45) is 0. The van der Waals surface area contributed by atoms with Crippen molar-refractivity contribution in [2.24, 2.45) is 15.3 Å². The Bertz CT molecular complexity index is 996. The molecule has 0 bridgehead atoms. The lowest BCUT2D eigenvalue weighted by Crippen LogP contribution is -2.06. The van der Waals surface area contributed by atoms with Crippen LogP contribution in [0.15, 0.2) is 85.3 Å². The van der Waals surface area contributed by atoms with Gasteiger partial charge in [0.05, 0.1) is 5.69 Å². The summed E-state index contributed by atoms with van der Waals surface area (Å²) in [6.45, 7) is 1.72. The Morgan fingerprint density at radius 2 is 1.85 bits per heavy atom. The summed E-state index contributed by atoms with van der Waals surface area (Å²) >= 11 is 3.39. The molecule has 0 atom stereocenters. The van der Waals surface area contributed by atoms with E-state index in [4.69, 9.17) is 0 Å². The number of azo groups is 1. The van der Waals surface area contributed by atoms with Crippen molar-refractivity contribution in [3.8, 4) is 0 Å². The number of benzene rings is 2. The van der Waals surface area contributed by atoms with Gasteiger partial charge in [-0.05, 0) is 31.2 Å². The zero-order valence-electron chi connectivity index (χ0n) is 13.8. The van der Waals surface area contributed by atoms with Crippen LogP contribution in [0, 0.1) is 6.92 Å². The fraction of sp³-hybridized carbons (Fsp3) is 0.0556. The third-order valence-corrected chi connectivity index (χ3v) is 3.79. The second-order valence-corrected chi connectivity index (χ2v) is 6.25. The first-order valence-corrected chi connectivity index (χ1v) is 8.54. The number of rotatable bonds is 4. The van der Waals surface area contributed by atoms with E-state index in [-0.39, 0.29) is 11.5 Å². The Hall–Kier alpha value is -3.13. The summed E-state index contributed by atoms with van der Waals surface area (Å²) in [4.78, 5) is 18.2. The Labute approximate surface area is 158 Å². The number of nitrogens with one attached hydrogen (secondary N) is 2. The van der Waals surface area contributed by atoms with Crippen LogP contribution in [-0.2, 0) is 0 Å². The number of aromatic nitrogens is 2. The van der Waals surface area contributed by atoms with Gasteiger partial charge >= 0.3 is 0 Å². The van der Waals surface area contributed by atoms with Crippen LogP contribution in [-0.4, -0.2) is 15.8 Å². The molecule has 2 N–H and O–H groups in total. The van der Waals surface area contributed by atoms with Crippen molar-refractivity contribution in [2.75, 3.05) is 5.43 Å². The van der Waals surface area contributed by atoms with Gasteiger partial charge in [-0.15, -0.1) is 10.2 Å². The highest BCUT2D eigenvalue weighted by Gasteiger charge is 2.03. The lowest BCUT2D eigenvalue weighted by molar-refractivity contribution is 1.01. The topological polar surface area (TPSA) is 94.9 Å². The molecular formula is C18H15BrN6O. The number of aromatic amines is 1. The van der Waals surface area contributed by atoms with Gasteiger partial charge in [0.2, 0.25) is 11.8 Å². The maximum atomic E-state index is 11.5. The minimum Gasteiger partial charge on any atom is -0.290 e. The van der Waals surface area contributed by atoms with Crippen LogP contribution in [0.4, 0.5) is 11.6 Å². The highest BCUT2D eigenvalue weighted by Crippen LogP contribution is 2.15. The molecule has 130 valence electrons. The normalized spacial score (nSPS) is 11.7. The number of anilines is 1. The van der Waals surface area contributed by atoms with E-state index >= 15 is 0 Å². The number of aryl methyl sites for hydroxylation is 1. The van der Waals surface area contributed by atoms with Crippen molar-refractivity contribution in [1.82, 2.24) is 9.97 Å². The van der Waals surface area contributed by atoms with Gasteiger partial charge in [0, 0.05) is 21.8 Å². The molecule has 0 saturated heterocycles. The maximum absolute atomic E-state index is 11.5. The average molecular weight is 411 g/mol. The van der Waals surface area contributed by atoms with E-state index < -0.39 is 0 Å². The Morgan fingerprint density at radius 3 is 2.54 bits per heavy atom. The highest BCUT2D eigenvalue weighted by molar-refractivity contribution is 9.10. The fourth-order valence-corrected chi connectivity index (χ4v) is 2.34. The molecule has 8 heteroatoms. The van der Waals surface area contributed by atoms with E-state index in [9.17, 15) is 4.79 Å². The molecule has 26 heavy (non-hydrogen) atoms. The zero-order valence-corrected chi connectivity index (χ0v) is 15.4. The van der Waals surface area contributed by atoms with Crippen molar-refractivity contribution in [1.29, 1.82) is 0 Å². The average Bonchev–Trinajstić information content (AvgIpc) is 2.63. The zero-order chi connectivity index (χ0) is 18.4. The Morgan fingerprint density at radius 1 is 1.12 bits per heavy atom. The van der Waals surface area contributed by atoms with Gasteiger partial charge < -0.3 is 0 Å². The van der Waals surface area contributed by atoms with Gasteiger partial charge in [0.25, 0.3) is 5.56 Å². The molecule has 0 saturated carbocycles. The molecule has 7 nitrogen and oxygen atoms in total. The molecule has 3 aromatic rings. The van der Waals surface area contributed by atoms with E-state index in [1.54, 1.807) is 6.92 Å². The minimum absolute atomic E-state index is 0.127. The summed E-state index contributed by atoms with van der Waals surface area (Å²) in [5, 5.41) is 12.5. The van der Waals surface area contributed by atoms with Crippen LogP contribution in [0.1, 0.15) is 11.3 Å². The van der Waals surface area contributed by atoms with Crippen molar-refractivity contribution in [3.63, 3.8) is 0 Å². The summed E-state index contributed by atoms with van der Waals surface area (Å²) in [7, 11) is 0. The lowest BCUT2D eigenvalue weighted by Gasteiger charge is -2.03. The SMILES string of the molecule is Cc1cc(=O)[nH]c(N=N/C(=N/Nc2ccc(Br)cc2)c2ccccc2)n1. The van der Waals surface area contributed by atoms with Crippen molar-refractivity contribution >= 4 is 33.4 Å². The van der Waals surface area contributed by atoms with Crippen LogP contribution >= 0.6 is 15.9 Å². The second kappa shape index (κ2) is 8.30. The summed E-state index contributed by atoms with van der Waals surface area (Å²) in [5.74, 6) is 0.486. The first-order valence-electron chi connectivity index (χ1n) is 7.74. The van der Waals surface area contributed by atoms with E-state index in [1.807, 2.05) is 54.6 Å². The van der Waals surface area contributed by atoms with Gasteiger partial charge in [-0.3, -0.25) is 15.2 Å². The third kappa shape index (κ3) is 4.93. The Kier molecular flexibility index (Phi) is 5.65. The molecule has 1 aromatic heterocycles. The van der Waals surface area contributed by atoms with E-state index in [1.165, 1.54) is 6.07 Å². The summed E-state index contributed by atoms with van der Waals surface area (Å²) in [6, 6.07) is 18.4.